The maximum absolute atomic E-state index is 14.5. The zero-order valence-electron chi connectivity index (χ0n) is 14.6. The highest BCUT2D eigenvalue weighted by molar-refractivity contribution is 6.20. The molecule has 0 aliphatic carbocycles. The van der Waals surface area contributed by atoms with E-state index >= 15 is 0 Å². The number of hydrogen-bond acceptors (Lipinski definition) is 1. The highest BCUT2D eigenvalue weighted by atomic mass is 19.1. The van der Waals surface area contributed by atoms with Gasteiger partial charge in [-0.1, -0.05) is 36.4 Å². The number of nitrogens with zero attached hydrogens (tertiary/aromatic N) is 1. The van der Waals surface area contributed by atoms with Gasteiger partial charge in [0, 0.05) is 34.4 Å². The van der Waals surface area contributed by atoms with Crippen molar-refractivity contribution in [3.05, 3.63) is 78.2 Å². The summed E-state index contributed by atoms with van der Waals surface area (Å²) in [7, 11) is 2.02. The summed E-state index contributed by atoms with van der Waals surface area (Å²) in [6.07, 6.45) is 2.02. The number of aryl methyl sites for hydroxylation is 2. The Morgan fingerprint density at radius 3 is 2.46 bits per heavy atom. The SMILES string of the molecule is Cc1ccc2c(oc3cc(F)c4ccccc4c32)c1-c1cccc[n+]1C. The van der Waals surface area contributed by atoms with Gasteiger partial charge in [0.1, 0.15) is 24.0 Å². The van der Waals surface area contributed by atoms with E-state index < -0.39 is 0 Å². The predicted octanol–water partition coefficient (Wildman–Crippen LogP) is 5.68. The quantitative estimate of drug-likeness (QED) is 0.358. The van der Waals surface area contributed by atoms with Crippen LogP contribution in [0.4, 0.5) is 4.39 Å². The molecule has 0 N–H and O–H groups in total. The van der Waals surface area contributed by atoms with E-state index in [1.54, 1.807) is 0 Å². The monoisotopic (exact) mass is 342 g/mol. The molecule has 5 aromatic rings. The van der Waals surface area contributed by atoms with Crippen LogP contribution >= 0.6 is 0 Å². The second-order valence-electron chi connectivity index (χ2n) is 6.71. The van der Waals surface area contributed by atoms with Gasteiger partial charge in [-0.3, -0.25) is 0 Å². The van der Waals surface area contributed by atoms with Gasteiger partial charge in [-0.25, -0.2) is 8.96 Å². The third-order valence-corrected chi connectivity index (χ3v) is 5.12. The fourth-order valence-corrected chi connectivity index (χ4v) is 3.86. The number of halogens is 1. The lowest BCUT2D eigenvalue weighted by atomic mass is 9.98. The lowest BCUT2D eigenvalue weighted by Gasteiger charge is -2.05. The average molecular weight is 342 g/mol. The number of rotatable bonds is 1. The summed E-state index contributed by atoms with van der Waals surface area (Å²) in [5.74, 6) is -0.254. The van der Waals surface area contributed by atoms with E-state index in [2.05, 4.69) is 29.7 Å². The Morgan fingerprint density at radius 1 is 0.885 bits per heavy atom. The first-order valence-electron chi connectivity index (χ1n) is 8.63. The Hall–Kier alpha value is -3.20. The van der Waals surface area contributed by atoms with Gasteiger partial charge in [0.05, 0.1) is 5.56 Å². The normalized spacial score (nSPS) is 11.7. The predicted molar refractivity (Wildman–Crippen MR) is 103 cm³/mol. The molecule has 0 amide bonds. The minimum absolute atomic E-state index is 0.254. The molecule has 0 radical (unpaired) electrons. The molecule has 2 aromatic heterocycles. The van der Waals surface area contributed by atoms with E-state index in [1.165, 1.54) is 6.07 Å². The van der Waals surface area contributed by atoms with Crippen molar-refractivity contribution in [2.75, 3.05) is 0 Å². The minimum Gasteiger partial charge on any atom is -0.455 e. The van der Waals surface area contributed by atoms with Crippen LogP contribution in [0.15, 0.2) is 71.3 Å². The van der Waals surface area contributed by atoms with Crippen molar-refractivity contribution in [3.63, 3.8) is 0 Å². The molecular weight excluding hydrogens is 325 g/mol. The molecule has 3 heteroatoms. The fourth-order valence-electron chi connectivity index (χ4n) is 3.86. The van der Waals surface area contributed by atoms with Crippen molar-refractivity contribution < 1.29 is 13.4 Å². The van der Waals surface area contributed by atoms with Gasteiger partial charge < -0.3 is 4.42 Å². The van der Waals surface area contributed by atoms with Crippen molar-refractivity contribution in [1.29, 1.82) is 0 Å². The zero-order valence-corrected chi connectivity index (χ0v) is 14.6. The van der Waals surface area contributed by atoms with Crippen molar-refractivity contribution in [2.45, 2.75) is 6.92 Å². The molecule has 3 aromatic carbocycles. The van der Waals surface area contributed by atoms with Crippen LogP contribution in [-0.4, -0.2) is 0 Å². The molecule has 126 valence electrons. The maximum atomic E-state index is 14.5. The molecule has 26 heavy (non-hydrogen) atoms. The molecule has 5 rings (SSSR count). The Labute approximate surface area is 150 Å². The van der Waals surface area contributed by atoms with Crippen molar-refractivity contribution in [3.8, 4) is 11.3 Å². The smallest absolute Gasteiger partial charge is 0.216 e. The second kappa shape index (κ2) is 5.40. The van der Waals surface area contributed by atoms with Crippen molar-refractivity contribution in [1.82, 2.24) is 0 Å². The second-order valence-corrected chi connectivity index (χ2v) is 6.71. The summed E-state index contributed by atoms with van der Waals surface area (Å²) in [4.78, 5) is 0. The minimum atomic E-state index is -0.254. The van der Waals surface area contributed by atoms with E-state index in [-0.39, 0.29) is 5.82 Å². The highest BCUT2D eigenvalue weighted by Crippen LogP contribution is 2.40. The number of fused-ring (bicyclic) bond motifs is 5. The van der Waals surface area contributed by atoms with E-state index in [4.69, 9.17) is 4.42 Å². The van der Waals surface area contributed by atoms with Crippen LogP contribution < -0.4 is 4.57 Å². The molecule has 0 bridgehead atoms. The van der Waals surface area contributed by atoms with Crippen LogP contribution in [0.1, 0.15) is 5.56 Å². The Morgan fingerprint density at radius 2 is 1.65 bits per heavy atom. The van der Waals surface area contributed by atoms with E-state index in [9.17, 15) is 4.39 Å². The van der Waals surface area contributed by atoms with E-state index in [0.717, 1.165) is 38.6 Å². The number of aromatic nitrogens is 1. The first-order valence-corrected chi connectivity index (χ1v) is 8.63. The number of benzene rings is 3. The first kappa shape index (κ1) is 15.1. The third-order valence-electron chi connectivity index (χ3n) is 5.12. The standard InChI is InChI=1S/C23H17FNO/c1-14-10-11-17-22-16-8-4-3-7-15(16)18(24)13-20(22)26-23(17)21(14)19-9-5-6-12-25(19)2/h3-13H,1-2H3/q+1. The van der Waals surface area contributed by atoms with Crippen LogP contribution in [0.5, 0.6) is 0 Å². The summed E-state index contributed by atoms with van der Waals surface area (Å²) in [6, 6.07) is 19.4. The molecule has 2 heterocycles. The third kappa shape index (κ3) is 2.00. The Bertz CT molecular complexity index is 1320. The van der Waals surface area contributed by atoms with Crippen LogP contribution in [-0.2, 0) is 7.05 Å². The summed E-state index contributed by atoms with van der Waals surface area (Å²) >= 11 is 0. The summed E-state index contributed by atoms with van der Waals surface area (Å²) in [6.45, 7) is 2.08. The van der Waals surface area contributed by atoms with Gasteiger partial charge in [0.25, 0.3) is 0 Å². The molecule has 0 fully saturated rings. The van der Waals surface area contributed by atoms with Crippen molar-refractivity contribution in [2.24, 2.45) is 7.05 Å². The van der Waals surface area contributed by atoms with Crippen LogP contribution in [0, 0.1) is 12.7 Å². The molecular formula is C23H17FNO+. The summed E-state index contributed by atoms with van der Waals surface area (Å²) in [5.41, 5.74) is 4.63. The Balaban J connectivity index is 2.00. The summed E-state index contributed by atoms with van der Waals surface area (Å²) in [5, 5.41) is 3.49. The Kier molecular flexibility index (Phi) is 3.13. The molecule has 0 spiro atoms. The zero-order chi connectivity index (χ0) is 17.8. The van der Waals surface area contributed by atoms with Gasteiger partial charge in [0.2, 0.25) is 5.69 Å². The molecule has 0 aliphatic rings. The van der Waals surface area contributed by atoms with Crippen LogP contribution in [0.25, 0.3) is 44.0 Å². The summed E-state index contributed by atoms with van der Waals surface area (Å²) < 4.78 is 22.8. The molecule has 0 aliphatic heterocycles. The lowest BCUT2D eigenvalue weighted by Crippen LogP contribution is -2.30. The van der Waals surface area contributed by atoms with Gasteiger partial charge in [-0.2, -0.15) is 0 Å². The average Bonchev–Trinajstić information content (AvgIpc) is 3.01. The fraction of sp³-hybridized carbons (Fsp3) is 0.0870. The molecule has 0 atom stereocenters. The van der Waals surface area contributed by atoms with Crippen molar-refractivity contribution >= 4 is 32.7 Å². The van der Waals surface area contributed by atoms with Crippen LogP contribution in [0.3, 0.4) is 0 Å². The van der Waals surface area contributed by atoms with Gasteiger partial charge >= 0.3 is 0 Å². The molecule has 2 nitrogen and oxygen atoms in total. The lowest BCUT2D eigenvalue weighted by molar-refractivity contribution is -0.660. The molecule has 0 unspecified atom stereocenters. The van der Waals surface area contributed by atoms with Gasteiger partial charge in [0.15, 0.2) is 6.20 Å². The van der Waals surface area contributed by atoms with Gasteiger partial charge in [-0.15, -0.1) is 0 Å². The largest absolute Gasteiger partial charge is 0.455 e. The topological polar surface area (TPSA) is 17.0 Å². The maximum Gasteiger partial charge on any atom is 0.216 e. The highest BCUT2D eigenvalue weighted by Gasteiger charge is 2.21. The van der Waals surface area contributed by atoms with E-state index in [1.807, 2.05) is 49.6 Å². The van der Waals surface area contributed by atoms with Crippen LogP contribution in [0.2, 0.25) is 0 Å². The number of pyridine rings is 1. The first-order chi connectivity index (χ1) is 12.6. The van der Waals surface area contributed by atoms with E-state index in [0.29, 0.717) is 11.0 Å². The number of furan rings is 1. The van der Waals surface area contributed by atoms with Gasteiger partial charge in [-0.05, 0) is 23.9 Å². The molecule has 0 saturated carbocycles. The number of hydrogen-bond donors (Lipinski definition) is 0. The molecule has 0 saturated heterocycles.